The second-order valence-electron chi connectivity index (χ2n) is 8.68. The average molecular weight is 417 g/mol. The van der Waals surface area contributed by atoms with Crippen LogP contribution in [0.4, 0.5) is 4.39 Å². The van der Waals surface area contributed by atoms with E-state index in [1.54, 1.807) is 18.3 Å². The number of pyridine rings is 1. The highest BCUT2D eigenvalue weighted by Crippen LogP contribution is 2.42. The molecule has 3 aromatic carbocycles. The summed E-state index contributed by atoms with van der Waals surface area (Å²) in [5.41, 5.74) is 2.38. The van der Waals surface area contributed by atoms with Crippen LogP contribution in [0.2, 0.25) is 0 Å². The maximum atomic E-state index is 14.7. The zero-order valence-electron chi connectivity index (χ0n) is 17.9. The number of rotatable bonds is 4. The van der Waals surface area contributed by atoms with Gasteiger partial charge in [-0.05, 0) is 67.8 Å². The molecule has 1 atom stereocenters. The molecular weight excluding hydrogens is 393 g/mol. The summed E-state index contributed by atoms with van der Waals surface area (Å²) in [6.45, 7) is 7.32. The third kappa shape index (κ3) is 4.01. The quantitative estimate of drug-likeness (QED) is 0.415. The van der Waals surface area contributed by atoms with E-state index >= 15 is 0 Å². The Labute approximate surface area is 180 Å². The van der Waals surface area contributed by atoms with Crippen molar-refractivity contribution >= 4 is 27.6 Å². The Morgan fingerprint density at radius 3 is 2.48 bits per heavy atom. The van der Waals surface area contributed by atoms with Crippen LogP contribution in [-0.4, -0.2) is 21.7 Å². The van der Waals surface area contributed by atoms with E-state index < -0.39 is 23.5 Å². The number of hydrogen-bond donors (Lipinski definition) is 1. The lowest BCUT2D eigenvalue weighted by atomic mass is 9.86. The van der Waals surface area contributed by atoms with E-state index in [0.717, 1.165) is 16.3 Å². The van der Waals surface area contributed by atoms with Gasteiger partial charge in [-0.2, -0.15) is 0 Å². The number of benzene rings is 3. The molecular formula is C26H24FNO3. The van der Waals surface area contributed by atoms with Crippen LogP contribution < -0.4 is 0 Å². The molecule has 0 saturated carbocycles. The predicted molar refractivity (Wildman–Crippen MR) is 121 cm³/mol. The molecule has 1 aromatic heterocycles. The first-order valence-corrected chi connectivity index (χ1v) is 10.1. The molecule has 1 N–H and O–H groups in total. The lowest BCUT2D eigenvalue weighted by Crippen LogP contribution is -2.28. The Balaban J connectivity index is 2.17. The molecule has 0 aliphatic carbocycles. The average Bonchev–Trinajstić information content (AvgIpc) is 2.70. The van der Waals surface area contributed by atoms with E-state index in [9.17, 15) is 14.3 Å². The molecule has 158 valence electrons. The van der Waals surface area contributed by atoms with E-state index in [2.05, 4.69) is 4.98 Å². The first-order valence-electron chi connectivity index (χ1n) is 10.1. The zero-order valence-corrected chi connectivity index (χ0v) is 17.9. The third-order valence-corrected chi connectivity index (χ3v) is 5.19. The van der Waals surface area contributed by atoms with Gasteiger partial charge < -0.3 is 9.84 Å². The van der Waals surface area contributed by atoms with Crippen LogP contribution in [0.5, 0.6) is 0 Å². The Bertz CT molecular complexity index is 1310. The molecule has 0 aliphatic rings. The Morgan fingerprint density at radius 2 is 1.77 bits per heavy atom. The number of fused-ring (bicyclic) bond motifs is 2. The highest BCUT2D eigenvalue weighted by molar-refractivity contribution is 6.06. The van der Waals surface area contributed by atoms with Gasteiger partial charge in [-0.15, -0.1) is 0 Å². The number of carbonyl (C=O) groups is 1. The molecule has 0 fully saturated rings. The summed E-state index contributed by atoms with van der Waals surface area (Å²) in [7, 11) is 0. The summed E-state index contributed by atoms with van der Waals surface area (Å²) in [6.07, 6.45) is 0.434. The lowest BCUT2D eigenvalue weighted by molar-refractivity contribution is -0.160. The van der Waals surface area contributed by atoms with Crippen LogP contribution in [0.15, 0.2) is 60.8 Å². The van der Waals surface area contributed by atoms with Crippen molar-refractivity contribution in [3.63, 3.8) is 0 Å². The van der Waals surface area contributed by atoms with Crippen molar-refractivity contribution in [1.82, 2.24) is 4.98 Å². The molecule has 0 saturated heterocycles. The molecule has 0 spiro atoms. The fraction of sp³-hybridized carbons (Fsp3) is 0.231. The van der Waals surface area contributed by atoms with Gasteiger partial charge in [0.05, 0.1) is 11.1 Å². The Hall–Kier alpha value is -3.31. The monoisotopic (exact) mass is 417 g/mol. The highest BCUT2D eigenvalue weighted by atomic mass is 19.1. The standard InChI is InChI=1S/C26H24FNO3/c1-15-12-16-8-5-6-10-19(16)22(21(15)24(25(29)30)31-26(2,3)4)20-14-18(27)13-17-9-7-11-28-23(17)20/h5-14,24H,1-4H3,(H,29,30)/t24-/m0/s1. The molecule has 31 heavy (non-hydrogen) atoms. The van der Waals surface area contributed by atoms with E-state index in [1.807, 2.05) is 58.0 Å². The minimum absolute atomic E-state index is 0.407. The fourth-order valence-corrected chi connectivity index (χ4v) is 4.06. The number of carboxylic acid groups (broad SMARTS) is 1. The normalized spacial score (nSPS) is 12.9. The van der Waals surface area contributed by atoms with Crippen molar-refractivity contribution < 1.29 is 19.0 Å². The van der Waals surface area contributed by atoms with Crippen LogP contribution >= 0.6 is 0 Å². The number of aromatic nitrogens is 1. The minimum Gasteiger partial charge on any atom is -0.479 e. The van der Waals surface area contributed by atoms with Crippen LogP contribution in [0.3, 0.4) is 0 Å². The van der Waals surface area contributed by atoms with Crippen LogP contribution in [0.1, 0.15) is 38.0 Å². The van der Waals surface area contributed by atoms with Crippen molar-refractivity contribution in [2.75, 3.05) is 0 Å². The van der Waals surface area contributed by atoms with E-state index in [4.69, 9.17) is 4.74 Å². The first-order chi connectivity index (χ1) is 14.7. The largest absolute Gasteiger partial charge is 0.479 e. The van der Waals surface area contributed by atoms with Gasteiger partial charge in [0.2, 0.25) is 0 Å². The summed E-state index contributed by atoms with van der Waals surface area (Å²) in [5, 5.41) is 12.5. The minimum atomic E-state index is -1.22. The lowest BCUT2D eigenvalue weighted by Gasteiger charge is -2.28. The van der Waals surface area contributed by atoms with Crippen LogP contribution in [0.25, 0.3) is 32.8 Å². The van der Waals surface area contributed by atoms with Crippen molar-refractivity contribution in [1.29, 1.82) is 0 Å². The highest BCUT2D eigenvalue weighted by Gasteiger charge is 2.32. The molecule has 5 heteroatoms. The smallest absolute Gasteiger partial charge is 0.337 e. The second kappa shape index (κ2) is 7.75. The van der Waals surface area contributed by atoms with Gasteiger partial charge >= 0.3 is 5.97 Å². The van der Waals surface area contributed by atoms with Crippen molar-refractivity contribution in [2.45, 2.75) is 39.4 Å². The van der Waals surface area contributed by atoms with Gasteiger partial charge in [-0.25, -0.2) is 9.18 Å². The molecule has 0 radical (unpaired) electrons. The topological polar surface area (TPSA) is 59.4 Å². The molecule has 0 amide bonds. The molecule has 4 rings (SSSR count). The summed E-state index contributed by atoms with van der Waals surface area (Å²) in [6, 6.07) is 16.1. The number of halogens is 1. The van der Waals surface area contributed by atoms with Gasteiger partial charge in [0.1, 0.15) is 5.82 Å². The molecule has 1 heterocycles. The van der Waals surface area contributed by atoms with Gasteiger partial charge in [0.25, 0.3) is 0 Å². The molecule has 4 nitrogen and oxygen atoms in total. The number of ether oxygens (including phenoxy) is 1. The van der Waals surface area contributed by atoms with Crippen LogP contribution in [-0.2, 0) is 9.53 Å². The summed E-state index contributed by atoms with van der Waals surface area (Å²) >= 11 is 0. The van der Waals surface area contributed by atoms with E-state index in [1.165, 1.54) is 12.1 Å². The maximum absolute atomic E-state index is 14.7. The number of aryl methyl sites for hydroxylation is 1. The fourth-order valence-electron chi connectivity index (χ4n) is 4.06. The Kier molecular flexibility index (Phi) is 5.23. The van der Waals surface area contributed by atoms with Gasteiger partial charge in [0, 0.05) is 22.7 Å². The van der Waals surface area contributed by atoms with Gasteiger partial charge in [-0.1, -0.05) is 36.4 Å². The van der Waals surface area contributed by atoms with Crippen molar-refractivity contribution in [2.24, 2.45) is 0 Å². The molecule has 0 unspecified atom stereocenters. The zero-order chi connectivity index (χ0) is 22.3. The van der Waals surface area contributed by atoms with E-state index in [0.29, 0.717) is 27.6 Å². The Morgan fingerprint density at radius 1 is 1.06 bits per heavy atom. The SMILES string of the molecule is Cc1cc2ccccc2c(-c2cc(F)cc3cccnc23)c1[C@H](OC(C)(C)C)C(=O)O. The second-order valence-corrected chi connectivity index (χ2v) is 8.68. The predicted octanol–water partition coefficient (Wildman–Crippen LogP) is 6.44. The van der Waals surface area contributed by atoms with Crippen molar-refractivity contribution in [3.05, 3.63) is 77.7 Å². The van der Waals surface area contributed by atoms with Gasteiger partial charge in [0.15, 0.2) is 6.10 Å². The number of nitrogens with zero attached hydrogens (tertiary/aromatic N) is 1. The number of carboxylic acids is 1. The van der Waals surface area contributed by atoms with Gasteiger partial charge in [-0.3, -0.25) is 4.98 Å². The molecule has 4 aromatic rings. The van der Waals surface area contributed by atoms with Crippen molar-refractivity contribution in [3.8, 4) is 11.1 Å². The molecule has 0 bridgehead atoms. The van der Waals surface area contributed by atoms with Crippen LogP contribution in [0, 0.1) is 12.7 Å². The first kappa shape index (κ1) is 20.9. The maximum Gasteiger partial charge on any atom is 0.337 e. The number of aliphatic carboxylic acids is 1. The third-order valence-electron chi connectivity index (χ3n) is 5.19. The summed E-state index contributed by atoms with van der Waals surface area (Å²) in [5.74, 6) is -1.50. The van der Waals surface area contributed by atoms with E-state index in [-0.39, 0.29) is 0 Å². The summed E-state index contributed by atoms with van der Waals surface area (Å²) < 4.78 is 20.7. The summed E-state index contributed by atoms with van der Waals surface area (Å²) in [4.78, 5) is 16.9. The molecule has 0 aliphatic heterocycles. The number of hydrogen-bond acceptors (Lipinski definition) is 3.